The Kier molecular flexibility index (Phi) is 8.68. The van der Waals surface area contributed by atoms with Gasteiger partial charge in [-0.1, -0.05) is 12.1 Å². The van der Waals surface area contributed by atoms with E-state index in [2.05, 4.69) is 20.4 Å². The summed E-state index contributed by atoms with van der Waals surface area (Å²) in [4.78, 5) is 32.4. The minimum atomic E-state index is -4.85. The highest BCUT2D eigenvalue weighted by molar-refractivity contribution is 5.74. The van der Waals surface area contributed by atoms with E-state index in [1.807, 2.05) is 4.90 Å². The maximum atomic E-state index is 14.6. The summed E-state index contributed by atoms with van der Waals surface area (Å²) in [6, 6.07) is 6.80. The monoisotopic (exact) mass is 617 g/mol. The fourth-order valence-electron chi connectivity index (χ4n) is 5.92. The van der Waals surface area contributed by atoms with Crippen molar-refractivity contribution in [1.82, 2.24) is 25.1 Å². The molecule has 4 heterocycles. The molecule has 2 atom stereocenters. The Bertz CT molecular complexity index is 1520. The van der Waals surface area contributed by atoms with Crippen molar-refractivity contribution in [2.24, 2.45) is 5.41 Å². The number of hydrogen-bond donors (Lipinski definition) is 4. The van der Waals surface area contributed by atoms with E-state index in [-0.39, 0.29) is 34.9 Å². The molecule has 2 fully saturated rings. The van der Waals surface area contributed by atoms with Crippen LogP contribution in [0.3, 0.4) is 0 Å². The lowest BCUT2D eigenvalue weighted by atomic mass is 9.76. The molecule has 44 heavy (non-hydrogen) atoms. The number of alkyl halides is 3. The predicted molar refractivity (Wildman–Crippen MR) is 153 cm³/mol. The average Bonchev–Trinajstić information content (AvgIpc) is 3.58. The van der Waals surface area contributed by atoms with Gasteiger partial charge in [0.25, 0.3) is 0 Å². The molecule has 1 aromatic carbocycles. The van der Waals surface area contributed by atoms with Crippen LogP contribution in [0.25, 0.3) is 5.69 Å². The number of ether oxygens (including phenoxy) is 1. The molecule has 0 bridgehead atoms. The predicted octanol–water partition coefficient (Wildman–Crippen LogP) is 3.68. The summed E-state index contributed by atoms with van der Waals surface area (Å²) in [5.74, 6) is -2.11. The van der Waals surface area contributed by atoms with Crippen molar-refractivity contribution >= 4 is 23.7 Å². The first-order valence-electron chi connectivity index (χ1n) is 14.3. The van der Waals surface area contributed by atoms with Crippen LogP contribution < -0.4 is 20.7 Å². The molecule has 12 nitrogen and oxygen atoms in total. The van der Waals surface area contributed by atoms with Crippen molar-refractivity contribution in [1.29, 1.82) is 0 Å². The van der Waals surface area contributed by atoms with Gasteiger partial charge in [0.2, 0.25) is 17.9 Å². The third-order valence-electron chi connectivity index (χ3n) is 8.25. The third-order valence-corrected chi connectivity index (χ3v) is 8.25. The van der Waals surface area contributed by atoms with Crippen molar-refractivity contribution in [3.63, 3.8) is 0 Å². The van der Waals surface area contributed by atoms with E-state index < -0.39 is 30.3 Å². The molecule has 1 spiro atoms. The topological polar surface area (TPSA) is 169 Å². The molecular weight excluding hydrogens is 583 g/mol. The van der Waals surface area contributed by atoms with E-state index in [9.17, 15) is 27.9 Å². The van der Waals surface area contributed by atoms with Gasteiger partial charge in [-0.3, -0.25) is 9.59 Å². The van der Waals surface area contributed by atoms with Gasteiger partial charge in [-0.05, 0) is 62.1 Å². The second kappa shape index (κ2) is 12.3. The number of aromatic nitrogens is 4. The highest BCUT2D eigenvalue weighted by atomic mass is 19.4. The minimum absolute atomic E-state index is 0.0680. The summed E-state index contributed by atoms with van der Waals surface area (Å²) < 4.78 is 50.8. The van der Waals surface area contributed by atoms with Crippen molar-refractivity contribution in [3.05, 3.63) is 53.3 Å². The number of carboxylic acid groups (broad SMARTS) is 2. The maximum absolute atomic E-state index is 14.6. The number of aliphatic carboxylic acids is 2. The van der Waals surface area contributed by atoms with E-state index >= 15 is 0 Å². The molecule has 15 heteroatoms. The molecule has 3 aromatic rings. The lowest BCUT2D eigenvalue weighted by Gasteiger charge is -2.39. The van der Waals surface area contributed by atoms with Crippen molar-refractivity contribution in [2.75, 3.05) is 30.3 Å². The second-order valence-corrected chi connectivity index (χ2v) is 11.5. The Hall–Kier alpha value is -4.40. The number of halogens is 3. The quantitative estimate of drug-likeness (QED) is 0.262. The van der Waals surface area contributed by atoms with Crippen LogP contribution in [0, 0.1) is 12.3 Å². The van der Waals surface area contributed by atoms with Gasteiger partial charge in [-0.15, -0.1) is 0 Å². The minimum Gasteiger partial charge on any atom is -0.481 e. The summed E-state index contributed by atoms with van der Waals surface area (Å²) in [7, 11) is 0. The molecule has 0 aliphatic carbocycles. The van der Waals surface area contributed by atoms with E-state index in [0.717, 1.165) is 0 Å². The van der Waals surface area contributed by atoms with E-state index in [1.54, 1.807) is 25.3 Å². The molecule has 1 unspecified atom stereocenters. The average molecular weight is 618 g/mol. The summed E-state index contributed by atoms with van der Waals surface area (Å²) in [5, 5.41) is 25.7. The van der Waals surface area contributed by atoms with Crippen LogP contribution in [0.15, 0.2) is 36.5 Å². The number of piperidine rings is 1. The summed E-state index contributed by atoms with van der Waals surface area (Å²) >= 11 is 0. The van der Waals surface area contributed by atoms with Gasteiger partial charge < -0.3 is 30.9 Å². The molecule has 5 rings (SSSR count). The van der Waals surface area contributed by atoms with Gasteiger partial charge in [-0.2, -0.15) is 28.2 Å². The zero-order valence-corrected chi connectivity index (χ0v) is 24.0. The SMILES string of the molecule is Cc1ccn(-c2cc(CCCC(=O)O)ccc2C(Oc2cc(N3CCC4(CC3)CN[C@H](C(=O)O)C4)nc(N)n2)C(F)(F)F)n1. The molecule has 0 saturated carbocycles. The summed E-state index contributed by atoms with van der Waals surface area (Å²) in [6.45, 7) is 3.32. The molecule has 2 aliphatic rings. The molecule has 5 N–H and O–H groups in total. The molecular formula is C29H34F3N7O5. The highest BCUT2D eigenvalue weighted by Crippen LogP contribution is 2.42. The standard InChI is InChI=1S/C29H34F3N7O5/c1-17-7-10-39(37-17)21-13-18(3-2-4-24(40)41)5-6-19(21)25(29(30,31)32)44-23-14-22(35-27(33)36-23)38-11-8-28(9-12-38)15-20(26(42)43)34-16-28/h5-7,10,13-14,20,25,34H,2-4,8-9,11-12,15-16H2,1H3,(H,40,41)(H,42,43)(H2,33,35,36)/t20-,25?/m0/s1. The number of hydrogen-bond acceptors (Lipinski definition) is 9. The zero-order valence-electron chi connectivity index (χ0n) is 24.0. The molecule has 2 saturated heterocycles. The first-order chi connectivity index (χ1) is 20.8. The van der Waals surface area contributed by atoms with Gasteiger partial charge >= 0.3 is 18.1 Å². The Morgan fingerprint density at radius 1 is 1.18 bits per heavy atom. The number of aryl methyl sites for hydroxylation is 2. The Balaban J connectivity index is 1.40. The van der Waals surface area contributed by atoms with E-state index in [4.69, 9.17) is 15.6 Å². The number of rotatable bonds is 10. The highest BCUT2D eigenvalue weighted by Gasteiger charge is 2.46. The lowest BCUT2D eigenvalue weighted by Crippen LogP contribution is -2.41. The van der Waals surface area contributed by atoms with Crippen molar-refractivity contribution < 1.29 is 37.7 Å². The number of anilines is 2. The smallest absolute Gasteiger partial charge is 0.429 e. The van der Waals surface area contributed by atoms with Gasteiger partial charge in [0.1, 0.15) is 11.9 Å². The first-order valence-corrected chi connectivity index (χ1v) is 14.3. The van der Waals surface area contributed by atoms with Crippen LogP contribution in [-0.2, 0) is 16.0 Å². The number of benzene rings is 1. The van der Waals surface area contributed by atoms with Crippen LogP contribution in [0.1, 0.15) is 55.0 Å². The molecule has 2 aromatic heterocycles. The van der Waals surface area contributed by atoms with E-state index in [1.165, 1.54) is 22.9 Å². The van der Waals surface area contributed by atoms with Gasteiger partial charge in [0.05, 0.1) is 11.4 Å². The number of nitrogens with zero attached hydrogens (tertiary/aromatic N) is 5. The Morgan fingerprint density at radius 2 is 1.93 bits per heavy atom. The second-order valence-electron chi connectivity index (χ2n) is 11.5. The van der Waals surface area contributed by atoms with Crippen LogP contribution in [0.4, 0.5) is 24.9 Å². The number of carboxylic acids is 2. The van der Waals surface area contributed by atoms with Crippen LogP contribution in [0.2, 0.25) is 0 Å². The number of carbonyl (C=O) groups is 2. The first kappa shape index (κ1) is 31.0. The third kappa shape index (κ3) is 7.04. The molecule has 0 radical (unpaired) electrons. The molecule has 2 aliphatic heterocycles. The van der Waals surface area contributed by atoms with Gasteiger partial charge in [0.15, 0.2) is 0 Å². The van der Waals surface area contributed by atoms with Crippen molar-refractivity contribution in [2.45, 2.75) is 63.8 Å². The Morgan fingerprint density at radius 3 is 2.55 bits per heavy atom. The van der Waals surface area contributed by atoms with Crippen LogP contribution in [-0.4, -0.2) is 73.8 Å². The number of nitrogens with two attached hydrogens (primary N) is 1. The van der Waals surface area contributed by atoms with Crippen LogP contribution in [0.5, 0.6) is 5.88 Å². The molecule has 236 valence electrons. The fourth-order valence-corrected chi connectivity index (χ4v) is 5.92. The Labute approximate surface area is 251 Å². The largest absolute Gasteiger partial charge is 0.481 e. The van der Waals surface area contributed by atoms with Gasteiger partial charge in [0, 0.05) is 43.9 Å². The number of nitrogens with one attached hydrogen (secondary N) is 1. The normalized spacial score (nSPS) is 18.8. The fraction of sp³-hybridized carbons (Fsp3) is 0.483. The summed E-state index contributed by atoms with van der Waals surface area (Å²) in [6.07, 6.45) is -3.25. The number of nitrogen functional groups attached to an aromatic ring is 1. The summed E-state index contributed by atoms with van der Waals surface area (Å²) in [5.41, 5.74) is 6.95. The van der Waals surface area contributed by atoms with Crippen LogP contribution >= 0.6 is 0 Å². The van der Waals surface area contributed by atoms with Crippen molar-refractivity contribution in [3.8, 4) is 11.6 Å². The van der Waals surface area contributed by atoms with Gasteiger partial charge in [-0.25, -0.2) is 4.68 Å². The molecule has 0 amide bonds. The zero-order chi connectivity index (χ0) is 31.6. The maximum Gasteiger partial charge on any atom is 0.429 e. The lowest BCUT2D eigenvalue weighted by molar-refractivity contribution is -0.198. The van der Waals surface area contributed by atoms with E-state index in [0.29, 0.717) is 68.8 Å².